The van der Waals surface area contributed by atoms with Crippen molar-refractivity contribution in [2.45, 2.75) is 58.8 Å². The number of rotatable bonds is 3. The predicted molar refractivity (Wildman–Crippen MR) is 83.2 cm³/mol. The fourth-order valence-corrected chi connectivity index (χ4v) is 6.95. The van der Waals surface area contributed by atoms with Crippen molar-refractivity contribution in [3.05, 3.63) is 21.9 Å². The van der Waals surface area contributed by atoms with Gasteiger partial charge in [-0.2, -0.15) is 0 Å². The molecular weight excluding hydrogens is 264 g/mol. The van der Waals surface area contributed by atoms with E-state index in [4.69, 9.17) is 0 Å². The summed E-state index contributed by atoms with van der Waals surface area (Å²) in [4.78, 5) is 15.6. The molecule has 4 fully saturated rings. The molecule has 2 atom stereocenters. The lowest BCUT2D eigenvalue weighted by atomic mass is 9.44. The molecule has 2 unspecified atom stereocenters. The third kappa shape index (κ3) is 1.83. The largest absolute Gasteiger partial charge is 0.293 e. The van der Waals surface area contributed by atoms with Crippen molar-refractivity contribution in [1.29, 1.82) is 0 Å². The van der Waals surface area contributed by atoms with Gasteiger partial charge in [-0.3, -0.25) is 4.79 Å². The molecule has 0 amide bonds. The smallest absolute Gasteiger partial charge is 0.178 e. The predicted octanol–water partition coefficient (Wildman–Crippen LogP) is 5.10. The molecule has 0 aliphatic heterocycles. The highest BCUT2D eigenvalue weighted by Crippen LogP contribution is 2.65. The lowest BCUT2D eigenvalue weighted by molar-refractivity contribution is -0.0819. The zero-order valence-corrected chi connectivity index (χ0v) is 13.4. The van der Waals surface area contributed by atoms with Crippen LogP contribution in [0.5, 0.6) is 0 Å². The fourth-order valence-electron chi connectivity index (χ4n) is 5.94. The topological polar surface area (TPSA) is 17.1 Å². The first-order valence-corrected chi connectivity index (χ1v) is 8.97. The second kappa shape index (κ2) is 4.19. The number of thiophene rings is 1. The van der Waals surface area contributed by atoms with Crippen molar-refractivity contribution < 1.29 is 4.79 Å². The molecule has 1 aromatic rings. The Kier molecular flexibility index (Phi) is 2.74. The number of aryl methyl sites for hydroxylation is 1. The van der Waals surface area contributed by atoms with Gasteiger partial charge in [-0.05, 0) is 74.3 Å². The van der Waals surface area contributed by atoms with Gasteiger partial charge in [0.1, 0.15) is 0 Å². The highest BCUT2D eigenvalue weighted by atomic mass is 32.1. The Bertz CT molecular complexity index is 542. The molecule has 0 N–H and O–H groups in total. The second-order valence-corrected chi connectivity index (χ2v) is 9.17. The van der Waals surface area contributed by atoms with Gasteiger partial charge < -0.3 is 0 Å². The van der Waals surface area contributed by atoms with Crippen LogP contribution < -0.4 is 0 Å². The van der Waals surface area contributed by atoms with Crippen LogP contribution in [0.15, 0.2) is 12.1 Å². The molecule has 4 bridgehead atoms. The molecule has 4 aliphatic carbocycles. The van der Waals surface area contributed by atoms with Crippen molar-refractivity contribution in [1.82, 2.24) is 0 Å². The van der Waals surface area contributed by atoms with Crippen molar-refractivity contribution in [3.63, 3.8) is 0 Å². The minimum atomic E-state index is 0.00863. The Morgan fingerprint density at radius 1 is 1.25 bits per heavy atom. The van der Waals surface area contributed by atoms with E-state index in [1.165, 1.54) is 37.0 Å². The Morgan fingerprint density at radius 3 is 2.50 bits per heavy atom. The van der Waals surface area contributed by atoms with Gasteiger partial charge >= 0.3 is 0 Å². The summed E-state index contributed by atoms with van der Waals surface area (Å²) in [7, 11) is 0. The van der Waals surface area contributed by atoms with Crippen LogP contribution in [0, 0.1) is 22.7 Å². The lowest BCUT2D eigenvalue weighted by Crippen LogP contribution is -2.53. The molecule has 0 radical (unpaired) electrons. The van der Waals surface area contributed by atoms with Crippen LogP contribution in [0.25, 0.3) is 0 Å². The van der Waals surface area contributed by atoms with Crippen LogP contribution in [0.3, 0.4) is 0 Å². The first-order valence-electron chi connectivity index (χ1n) is 8.15. The fraction of sp³-hybridized carbons (Fsp3) is 0.722. The first-order chi connectivity index (χ1) is 9.52. The van der Waals surface area contributed by atoms with Gasteiger partial charge in [0.15, 0.2) is 5.78 Å². The molecule has 1 heterocycles. The molecule has 5 rings (SSSR count). The van der Waals surface area contributed by atoms with Crippen molar-refractivity contribution in [3.8, 4) is 0 Å². The zero-order valence-electron chi connectivity index (χ0n) is 12.6. The maximum absolute atomic E-state index is 13.2. The molecule has 4 saturated carbocycles. The van der Waals surface area contributed by atoms with Gasteiger partial charge in [0.25, 0.3) is 0 Å². The third-order valence-corrected chi connectivity index (χ3v) is 7.30. The number of ketones is 1. The molecule has 1 nitrogen and oxygen atoms in total. The van der Waals surface area contributed by atoms with Gasteiger partial charge in [0.05, 0.1) is 4.88 Å². The minimum Gasteiger partial charge on any atom is -0.293 e. The summed E-state index contributed by atoms with van der Waals surface area (Å²) in [6.45, 7) is 4.62. The molecule has 0 spiro atoms. The molecular formula is C18H24OS. The Hall–Kier alpha value is -0.630. The van der Waals surface area contributed by atoms with E-state index < -0.39 is 0 Å². The van der Waals surface area contributed by atoms with E-state index in [-0.39, 0.29) is 5.41 Å². The summed E-state index contributed by atoms with van der Waals surface area (Å²) in [5, 5.41) is 0. The van der Waals surface area contributed by atoms with Gasteiger partial charge in [-0.25, -0.2) is 0 Å². The highest BCUT2D eigenvalue weighted by Gasteiger charge is 2.58. The Balaban J connectivity index is 1.68. The van der Waals surface area contributed by atoms with E-state index in [9.17, 15) is 4.79 Å². The summed E-state index contributed by atoms with van der Waals surface area (Å²) in [6.07, 6.45) is 8.72. The third-order valence-electron chi connectivity index (χ3n) is 6.07. The lowest BCUT2D eigenvalue weighted by Gasteiger charge is -2.60. The van der Waals surface area contributed by atoms with Crippen LogP contribution in [0.1, 0.15) is 66.9 Å². The minimum absolute atomic E-state index is 0.00863. The second-order valence-electron chi connectivity index (χ2n) is 8.00. The monoisotopic (exact) mass is 288 g/mol. The number of carbonyl (C=O) groups excluding carboxylic acids is 1. The molecule has 1 aromatic heterocycles. The maximum Gasteiger partial charge on any atom is 0.178 e. The van der Waals surface area contributed by atoms with Gasteiger partial charge in [-0.1, -0.05) is 13.8 Å². The van der Waals surface area contributed by atoms with Gasteiger partial charge in [0.2, 0.25) is 0 Å². The van der Waals surface area contributed by atoms with E-state index in [1.807, 2.05) is 0 Å². The number of hydrogen-bond acceptors (Lipinski definition) is 2. The van der Waals surface area contributed by atoms with Crippen molar-refractivity contribution in [2.24, 2.45) is 22.7 Å². The van der Waals surface area contributed by atoms with Crippen LogP contribution in [-0.2, 0) is 6.42 Å². The Labute approximate surface area is 125 Å². The summed E-state index contributed by atoms with van der Waals surface area (Å²) < 4.78 is 0. The summed E-state index contributed by atoms with van der Waals surface area (Å²) in [6, 6.07) is 4.24. The summed E-state index contributed by atoms with van der Waals surface area (Å²) in [5.74, 6) is 2.15. The zero-order chi connectivity index (χ0) is 14.0. The quantitative estimate of drug-likeness (QED) is 0.707. The van der Waals surface area contributed by atoms with E-state index in [2.05, 4.69) is 26.0 Å². The van der Waals surface area contributed by atoms with Crippen LogP contribution >= 0.6 is 11.3 Å². The standard InChI is InChI=1S/C18H24OS/c1-3-14-4-5-15(20-14)16(19)18-9-12-6-13(10-18)8-17(2,7-12)11-18/h4-5,12-13H,3,6-11H2,1-2H3. The van der Waals surface area contributed by atoms with Crippen LogP contribution in [0.4, 0.5) is 0 Å². The van der Waals surface area contributed by atoms with Crippen LogP contribution in [0.2, 0.25) is 0 Å². The van der Waals surface area contributed by atoms with Crippen molar-refractivity contribution >= 4 is 17.1 Å². The van der Waals surface area contributed by atoms with Gasteiger partial charge in [-0.15, -0.1) is 11.3 Å². The molecule has 4 aliphatic rings. The van der Waals surface area contributed by atoms with E-state index >= 15 is 0 Å². The highest BCUT2D eigenvalue weighted by molar-refractivity contribution is 7.14. The van der Waals surface area contributed by atoms with Crippen LogP contribution in [-0.4, -0.2) is 5.78 Å². The van der Waals surface area contributed by atoms with E-state index in [0.717, 1.165) is 29.6 Å². The van der Waals surface area contributed by atoms with Crippen molar-refractivity contribution in [2.75, 3.05) is 0 Å². The number of carbonyl (C=O) groups is 1. The molecule has 0 saturated heterocycles. The summed E-state index contributed by atoms with van der Waals surface area (Å²) >= 11 is 1.74. The molecule has 108 valence electrons. The number of Topliss-reactive ketones (excluding diaryl/α,β-unsaturated/α-hetero) is 1. The average molecular weight is 288 g/mol. The Morgan fingerprint density at radius 2 is 1.95 bits per heavy atom. The number of hydrogen-bond donors (Lipinski definition) is 0. The maximum atomic E-state index is 13.2. The molecule has 2 heteroatoms. The first kappa shape index (κ1) is 13.1. The summed E-state index contributed by atoms with van der Waals surface area (Å²) in [5.41, 5.74) is 0.472. The van der Waals surface area contributed by atoms with Gasteiger partial charge in [0, 0.05) is 10.3 Å². The SMILES string of the molecule is CCc1ccc(C(=O)C23CC4CC(CC(C)(C4)C2)C3)s1. The van der Waals surface area contributed by atoms with E-state index in [0.29, 0.717) is 11.2 Å². The normalized spacial score (nSPS) is 42.1. The average Bonchev–Trinajstić information content (AvgIpc) is 2.83. The molecule has 20 heavy (non-hydrogen) atoms. The molecule has 0 aromatic carbocycles. The van der Waals surface area contributed by atoms with E-state index in [1.54, 1.807) is 11.3 Å².